The summed E-state index contributed by atoms with van der Waals surface area (Å²) in [6.07, 6.45) is 1.63. The molecule has 1 aromatic rings. The van der Waals surface area contributed by atoms with Gasteiger partial charge in [0.05, 0.1) is 11.0 Å². The molecule has 0 saturated carbocycles. The van der Waals surface area contributed by atoms with Crippen LogP contribution in [0.1, 0.15) is 22.6 Å². The lowest BCUT2D eigenvalue weighted by atomic mass is 10.2. The zero-order valence-corrected chi connectivity index (χ0v) is 12.9. The Morgan fingerprint density at radius 1 is 1.59 bits per heavy atom. The van der Waals surface area contributed by atoms with Crippen molar-refractivity contribution in [3.05, 3.63) is 20.3 Å². The first-order valence-corrected chi connectivity index (χ1v) is 8.98. The fourth-order valence-corrected chi connectivity index (χ4v) is 5.42. The highest BCUT2D eigenvalue weighted by Crippen LogP contribution is 2.26. The maximum absolute atomic E-state index is 11.6. The van der Waals surface area contributed by atoms with Crippen LogP contribution in [0.25, 0.3) is 0 Å². The first-order valence-electron chi connectivity index (χ1n) is 5.66. The van der Waals surface area contributed by atoms with Crippen molar-refractivity contribution in [1.82, 2.24) is 5.32 Å². The molecule has 0 aliphatic carbocycles. The van der Waals surface area contributed by atoms with Crippen LogP contribution in [0.5, 0.6) is 0 Å². The predicted octanol–water partition coefficient (Wildman–Crippen LogP) is 2.49. The summed E-state index contributed by atoms with van der Waals surface area (Å²) in [7, 11) is -2.81. The molecule has 1 unspecified atom stereocenters. The van der Waals surface area contributed by atoms with Gasteiger partial charge in [-0.05, 0) is 41.8 Å². The van der Waals surface area contributed by atoms with E-state index in [1.807, 2.05) is 0 Å². The molecule has 1 aromatic heterocycles. The van der Waals surface area contributed by atoms with Gasteiger partial charge in [-0.15, -0.1) is 11.3 Å². The fourth-order valence-electron chi connectivity index (χ4n) is 2.05. The lowest BCUT2D eigenvalue weighted by Crippen LogP contribution is -2.29. The maximum atomic E-state index is 11.6. The van der Waals surface area contributed by atoms with Crippen LogP contribution >= 0.6 is 27.3 Å². The Labute approximate surface area is 115 Å². The van der Waals surface area contributed by atoms with Crippen molar-refractivity contribution in [3.8, 4) is 0 Å². The highest BCUT2D eigenvalue weighted by Gasteiger charge is 2.30. The molecule has 2 heterocycles. The summed E-state index contributed by atoms with van der Waals surface area (Å²) >= 11 is 5.22. The Balaban J connectivity index is 1.84. The van der Waals surface area contributed by atoms with Gasteiger partial charge in [-0.25, -0.2) is 8.42 Å². The van der Waals surface area contributed by atoms with Gasteiger partial charge in [-0.3, -0.25) is 0 Å². The third kappa shape index (κ3) is 3.30. The average Bonchev–Trinajstić information content (AvgIpc) is 2.72. The van der Waals surface area contributed by atoms with E-state index < -0.39 is 9.84 Å². The Kier molecular flexibility index (Phi) is 4.28. The molecular formula is C11H16BrNO2S2. The molecular weight excluding hydrogens is 322 g/mol. The summed E-state index contributed by atoms with van der Waals surface area (Å²) in [5, 5.41) is 3.08. The number of hydrogen-bond donors (Lipinski definition) is 1. The summed E-state index contributed by atoms with van der Waals surface area (Å²) < 4.78 is 24.4. The quantitative estimate of drug-likeness (QED) is 0.918. The molecule has 1 fully saturated rings. The molecule has 0 bridgehead atoms. The number of nitrogens with one attached hydrogen (secondary N) is 1. The standard InChI is InChI=1S/C11H16BrNO2S2/c1-8-11(12)5-9(16-8)6-13-7-10-3-2-4-17(10,14)15/h5,10,13H,2-4,6-7H2,1H3. The van der Waals surface area contributed by atoms with E-state index in [0.29, 0.717) is 12.3 Å². The van der Waals surface area contributed by atoms with Gasteiger partial charge in [-0.2, -0.15) is 0 Å². The molecule has 6 heteroatoms. The summed E-state index contributed by atoms with van der Waals surface area (Å²) in [5.74, 6) is 0.364. The number of halogens is 1. The van der Waals surface area contributed by atoms with E-state index in [-0.39, 0.29) is 5.25 Å². The zero-order valence-electron chi connectivity index (χ0n) is 9.70. The lowest BCUT2D eigenvalue weighted by Gasteiger charge is -2.09. The maximum Gasteiger partial charge on any atom is 0.154 e. The highest BCUT2D eigenvalue weighted by atomic mass is 79.9. The van der Waals surface area contributed by atoms with Crippen molar-refractivity contribution < 1.29 is 8.42 Å². The van der Waals surface area contributed by atoms with Crippen LogP contribution < -0.4 is 5.32 Å². The minimum atomic E-state index is -2.81. The summed E-state index contributed by atoms with van der Waals surface area (Å²) in [4.78, 5) is 2.50. The molecule has 17 heavy (non-hydrogen) atoms. The minimum Gasteiger partial charge on any atom is -0.311 e. The van der Waals surface area contributed by atoms with E-state index >= 15 is 0 Å². The molecule has 1 N–H and O–H groups in total. The van der Waals surface area contributed by atoms with Crippen molar-refractivity contribution in [2.24, 2.45) is 0 Å². The second kappa shape index (κ2) is 5.38. The third-order valence-corrected chi connectivity index (χ3v) is 7.45. The van der Waals surface area contributed by atoms with Crippen LogP contribution in [0.2, 0.25) is 0 Å². The Morgan fingerprint density at radius 3 is 2.88 bits per heavy atom. The van der Waals surface area contributed by atoms with Gasteiger partial charge < -0.3 is 5.32 Å². The first-order chi connectivity index (χ1) is 7.99. The average molecular weight is 338 g/mol. The second-order valence-corrected chi connectivity index (χ2v) is 8.97. The fraction of sp³-hybridized carbons (Fsp3) is 0.636. The number of sulfone groups is 1. The van der Waals surface area contributed by atoms with E-state index in [2.05, 4.69) is 34.2 Å². The second-order valence-electron chi connectivity index (χ2n) is 4.38. The molecule has 3 nitrogen and oxygen atoms in total. The van der Waals surface area contributed by atoms with Gasteiger partial charge in [0.1, 0.15) is 0 Å². The number of thiophene rings is 1. The lowest BCUT2D eigenvalue weighted by molar-refractivity contribution is 0.575. The monoisotopic (exact) mass is 337 g/mol. The summed E-state index contributed by atoms with van der Waals surface area (Å²) in [5.41, 5.74) is 0. The van der Waals surface area contributed by atoms with E-state index in [4.69, 9.17) is 0 Å². The summed E-state index contributed by atoms with van der Waals surface area (Å²) in [6, 6.07) is 2.09. The zero-order chi connectivity index (χ0) is 12.5. The Hall–Kier alpha value is 0.0900. The Morgan fingerprint density at radius 2 is 2.35 bits per heavy atom. The van der Waals surface area contributed by atoms with E-state index in [1.165, 1.54) is 9.75 Å². The van der Waals surface area contributed by atoms with E-state index in [1.54, 1.807) is 11.3 Å². The van der Waals surface area contributed by atoms with Gasteiger partial charge in [0, 0.05) is 27.3 Å². The largest absolute Gasteiger partial charge is 0.311 e. The molecule has 1 aliphatic rings. The third-order valence-electron chi connectivity index (χ3n) is 3.04. The molecule has 1 atom stereocenters. The molecule has 0 spiro atoms. The molecule has 2 rings (SSSR count). The van der Waals surface area contributed by atoms with Crippen LogP contribution in [-0.4, -0.2) is 26.0 Å². The molecule has 96 valence electrons. The molecule has 1 saturated heterocycles. The number of hydrogen-bond acceptors (Lipinski definition) is 4. The van der Waals surface area contributed by atoms with Crippen molar-refractivity contribution in [1.29, 1.82) is 0 Å². The SMILES string of the molecule is Cc1sc(CNCC2CCCS2(=O)=O)cc1Br. The number of aryl methyl sites for hydroxylation is 1. The van der Waals surface area contributed by atoms with Crippen LogP contribution in [0.3, 0.4) is 0 Å². The molecule has 0 amide bonds. The highest BCUT2D eigenvalue weighted by molar-refractivity contribution is 9.10. The van der Waals surface area contributed by atoms with Gasteiger partial charge in [0.25, 0.3) is 0 Å². The molecule has 1 aliphatic heterocycles. The minimum absolute atomic E-state index is 0.174. The smallest absolute Gasteiger partial charge is 0.154 e. The van der Waals surface area contributed by atoms with Crippen molar-refractivity contribution in [2.75, 3.05) is 12.3 Å². The van der Waals surface area contributed by atoms with Crippen molar-refractivity contribution in [3.63, 3.8) is 0 Å². The van der Waals surface area contributed by atoms with Crippen LogP contribution in [0.4, 0.5) is 0 Å². The van der Waals surface area contributed by atoms with Gasteiger partial charge >= 0.3 is 0 Å². The topological polar surface area (TPSA) is 46.2 Å². The molecule has 0 radical (unpaired) electrons. The van der Waals surface area contributed by atoms with Crippen LogP contribution in [-0.2, 0) is 16.4 Å². The van der Waals surface area contributed by atoms with Crippen molar-refractivity contribution in [2.45, 2.75) is 31.6 Å². The van der Waals surface area contributed by atoms with Crippen molar-refractivity contribution >= 4 is 37.1 Å². The predicted molar refractivity (Wildman–Crippen MR) is 75.3 cm³/mol. The number of rotatable bonds is 4. The summed E-state index contributed by atoms with van der Waals surface area (Å²) in [6.45, 7) is 3.40. The van der Waals surface area contributed by atoms with Crippen LogP contribution in [0, 0.1) is 6.92 Å². The van der Waals surface area contributed by atoms with E-state index in [0.717, 1.165) is 23.9 Å². The Bertz CT molecular complexity index is 476. The van der Waals surface area contributed by atoms with E-state index in [9.17, 15) is 8.42 Å². The van der Waals surface area contributed by atoms with Gasteiger partial charge in [0.2, 0.25) is 0 Å². The van der Waals surface area contributed by atoms with Gasteiger partial charge in [0.15, 0.2) is 9.84 Å². The molecule has 0 aromatic carbocycles. The van der Waals surface area contributed by atoms with Gasteiger partial charge in [-0.1, -0.05) is 0 Å². The van der Waals surface area contributed by atoms with Crippen LogP contribution in [0.15, 0.2) is 10.5 Å². The first kappa shape index (κ1) is 13.5. The normalized spacial score (nSPS) is 23.1.